The van der Waals surface area contributed by atoms with E-state index in [-0.39, 0.29) is 0 Å². The van der Waals surface area contributed by atoms with E-state index < -0.39 is 0 Å². The zero-order valence-corrected chi connectivity index (χ0v) is 12.3. The number of nitrogens with zero attached hydrogens (tertiary/aromatic N) is 1. The Morgan fingerprint density at radius 2 is 1.72 bits per heavy atom. The molecule has 0 aliphatic heterocycles. The van der Waals surface area contributed by atoms with Crippen LogP contribution in [-0.2, 0) is 0 Å². The Bertz CT molecular complexity index is 331. The van der Waals surface area contributed by atoms with Crippen molar-refractivity contribution >= 4 is 5.69 Å². The van der Waals surface area contributed by atoms with Gasteiger partial charge in [-0.05, 0) is 50.9 Å². The van der Waals surface area contributed by atoms with Crippen LogP contribution in [0.4, 0.5) is 5.69 Å². The maximum absolute atomic E-state index is 5.76. The summed E-state index contributed by atoms with van der Waals surface area (Å²) in [4.78, 5) is 2.61. The summed E-state index contributed by atoms with van der Waals surface area (Å²) in [6, 6.07) is 9.40. The second kappa shape index (κ2) is 7.42. The van der Waals surface area contributed by atoms with Crippen LogP contribution in [-0.4, -0.2) is 17.5 Å². The first kappa shape index (κ1) is 15.0. The molecule has 102 valence electrons. The third kappa shape index (κ3) is 4.02. The Morgan fingerprint density at radius 1 is 1.11 bits per heavy atom. The number of hydrogen-bond acceptors (Lipinski definition) is 2. The lowest BCUT2D eigenvalue weighted by Crippen LogP contribution is -2.35. The number of anilines is 1. The lowest BCUT2D eigenvalue weighted by Gasteiger charge is -2.34. The van der Waals surface area contributed by atoms with Crippen LogP contribution in [0.1, 0.15) is 58.6 Å². The molecule has 0 radical (unpaired) electrons. The van der Waals surface area contributed by atoms with Crippen molar-refractivity contribution in [2.24, 2.45) is 0 Å². The van der Waals surface area contributed by atoms with Crippen molar-refractivity contribution in [1.82, 2.24) is 4.90 Å². The van der Waals surface area contributed by atoms with Gasteiger partial charge in [0.2, 0.25) is 0 Å². The summed E-state index contributed by atoms with van der Waals surface area (Å²) in [5.74, 6) is 0. The zero-order chi connectivity index (χ0) is 13.5. The SMILES string of the molecule is CCCCN(C(C)CC)C(C)c1ccc(N)cc1. The van der Waals surface area contributed by atoms with Gasteiger partial charge < -0.3 is 5.73 Å². The highest BCUT2D eigenvalue weighted by atomic mass is 15.2. The number of hydrogen-bond donors (Lipinski definition) is 1. The Morgan fingerprint density at radius 3 is 2.22 bits per heavy atom. The standard InChI is InChI=1S/C16H28N2/c1-5-7-12-18(13(3)6-2)14(4)15-8-10-16(17)11-9-15/h8-11,13-14H,5-7,12,17H2,1-4H3. The fourth-order valence-corrected chi connectivity index (χ4v) is 2.34. The van der Waals surface area contributed by atoms with Crippen molar-refractivity contribution in [3.63, 3.8) is 0 Å². The van der Waals surface area contributed by atoms with Crippen LogP contribution < -0.4 is 5.73 Å². The number of nitrogen functional groups attached to an aromatic ring is 1. The van der Waals surface area contributed by atoms with Crippen LogP contribution >= 0.6 is 0 Å². The lowest BCUT2D eigenvalue weighted by molar-refractivity contribution is 0.147. The molecule has 0 fully saturated rings. The molecule has 0 aromatic heterocycles. The van der Waals surface area contributed by atoms with E-state index in [0.29, 0.717) is 12.1 Å². The molecular weight excluding hydrogens is 220 g/mol. The summed E-state index contributed by atoms with van der Waals surface area (Å²) in [6.07, 6.45) is 3.72. The predicted molar refractivity (Wildman–Crippen MR) is 80.6 cm³/mol. The first-order valence-corrected chi connectivity index (χ1v) is 7.21. The van der Waals surface area contributed by atoms with Gasteiger partial charge in [-0.3, -0.25) is 4.90 Å². The summed E-state index contributed by atoms with van der Waals surface area (Å²) in [6.45, 7) is 10.3. The second-order valence-electron chi connectivity index (χ2n) is 5.19. The first-order valence-electron chi connectivity index (χ1n) is 7.21. The minimum Gasteiger partial charge on any atom is -0.399 e. The average Bonchev–Trinajstić information content (AvgIpc) is 2.39. The van der Waals surface area contributed by atoms with Gasteiger partial charge in [-0.15, -0.1) is 0 Å². The molecule has 0 saturated heterocycles. The van der Waals surface area contributed by atoms with Gasteiger partial charge in [0.15, 0.2) is 0 Å². The zero-order valence-electron chi connectivity index (χ0n) is 12.3. The molecule has 2 N–H and O–H groups in total. The smallest absolute Gasteiger partial charge is 0.0322 e. The maximum atomic E-state index is 5.76. The Balaban J connectivity index is 2.80. The highest BCUT2D eigenvalue weighted by Crippen LogP contribution is 2.24. The van der Waals surface area contributed by atoms with E-state index in [1.807, 2.05) is 12.1 Å². The molecule has 0 heterocycles. The van der Waals surface area contributed by atoms with Gasteiger partial charge in [-0.25, -0.2) is 0 Å². The van der Waals surface area contributed by atoms with Crippen LogP contribution in [0.2, 0.25) is 0 Å². The van der Waals surface area contributed by atoms with Gasteiger partial charge in [0.25, 0.3) is 0 Å². The summed E-state index contributed by atoms with van der Waals surface area (Å²) in [7, 11) is 0. The van der Waals surface area contributed by atoms with E-state index in [1.165, 1.54) is 31.4 Å². The van der Waals surface area contributed by atoms with E-state index >= 15 is 0 Å². The van der Waals surface area contributed by atoms with E-state index in [2.05, 4.69) is 44.7 Å². The quantitative estimate of drug-likeness (QED) is 0.732. The van der Waals surface area contributed by atoms with Crippen LogP contribution in [0.5, 0.6) is 0 Å². The minimum atomic E-state index is 0.465. The Hall–Kier alpha value is -1.02. The topological polar surface area (TPSA) is 29.3 Å². The summed E-state index contributed by atoms with van der Waals surface area (Å²) < 4.78 is 0. The van der Waals surface area contributed by atoms with Crippen molar-refractivity contribution in [2.75, 3.05) is 12.3 Å². The Labute approximate surface area is 112 Å². The average molecular weight is 248 g/mol. The van der Waals surface area contributed by atoms with E-state index in [1.54, 1.807) is 0 Å². The lowest BCUT2D eigenvalue weighted by atomic mass is 10.0. The first-order chi connectivity index (χ1) is 8.60. The number of nitrogens with two attached hydrogens (primary N) is 1. The summed E-state index contributed by atoms with van der Waals surface area (Å²) >= 11 is 0. The van der Waals surface area contributed by atoms with Crippen molar-refractivity contribution in [2.45, 2.75) is 59.0 Å². The van der Waals surface area contributed by atoms with E-state index in [4.69, 9.17) is 5.73 Å². The van der Waals surface area contributed by atoms with Gasteiger partial charge in [0, 0.05) is 17.8 Å². The van der Waals surface area contributed by atoms with E-state index in [9.17, 15) is 0 Å². The van der Waals surface area contributed by atoms with Gasteiger partial charge in [-0.1, -0.05) is 32.4 Å². The van der Waals surface area contributed by atoms with Gasteiger partial charge in [0.05, 0.1) is 0 Å². The normalized spacial score (nSPS) is 14.7. The number of rotatable bonds is 7. The number of unbranched alkanes of at least 4 members (excludes halogenated alkanes) is 1. The molecule has 0 spiro atoms. The monoisotopic (exact) mass is 248 g/mol. The second-order valence-corrected chi connectivity index (χ2v) is 5.19. The van der Waals surface area contributed by atoms with Crippen molar-refractivity contribution in [3.05, 3.63) is 29.8 Å². The van der Waals surface area contributed by atoms with Gasteiger partial charge in [-0.2, -0.15) is 0 Å². The highest BCUT2D eigenvalue weighted by molar-refractivity contribution is 5.40. The molecule has 1 aromatic carbocycles. The van der Waals surface area contributed by atoms with Crippen molar-refractivity contribution in [1.29, 1.82) is 0 Å². The van der Waals surface area contributed by atoms with Crippen molar-refractivity contribution < 1.29 is 0 Å². The van der Waals surface area contributed by atoms with Crippen LogP contribution in [0.3, 0.4) is 0 Å². The molecule has 2 nitrogen and oxygen atoms in total. The largest absolute Gasteiger partial charge is 0.399 e. The maximum Gasteiger partial charge on any atom is 0.0322 e. The van der Waals surface area contributed by atoms with Crippen LogP contribution in [0.25, 0.3) is 0 Å². The third-order valence-corrected chi connectivity index (χ3v) is 3.84. The fourth-order valence-electron chi connectivity index (χ4n) is 2.34. The molecule has 2 unspecified atom stereocenters. The molecule has 0 amide bonds. The predicted octanol–water partition coefficient (Wildman–Crippen LogP) is 4.23. The Kier molecular flexibility index (Phi) is 6.20. The molecular formula is C16H28N2. The van der Waals surface area contributed by atoms with E-state index in [0.717, 1.165) is 5.69 Å². The van der Waals surface area contributed by atoms with Gasteiger partial charge in [0.1, 0.15) is 0 Å². The minimum absolute atomic E-state index is 0.465. The molecule has 0 saturated carbocycles. The molecule has 0 bridgehead atoms. The molecule has 0 aliphatic rings. The molecule has 0 aliphatic carbocycles. The van der Waals surface area contributed by atoms with Crippen LogP contribution in [0, 0.1) is 0 Å². The van der Waals surface area contributed by atoms with Gasteiger partial charge >= 0.3 is 0 Å². The molecule has 2 atom stereocenters. The third-order valence-electron chi connectivity index (χ3n) is 3.84. The van der Waals surface area contributed by atoms with Crippen LogP contribution in [0.15, 0.2) is 24.3 Å². The van der Waals surface area contributed by atoms with Crippen molar-refractivity contribution in [3.8, 4) is 0 Å². The fraction of sp³-hybridized carbons (Fsp3) is 0.625. The summed E-state index contributed by atoms with van der Waals surface area (Å²) in [5, 5.41) is 0. The highest BCUT2D eigenvalue weighted by Gasteiger charge is 2.19. The molecule has 1 aromatic rings. The molecule has 18 heavy (non-hydrogen) atoms. The number of benzene rings is 1. The molecule has 1 rings (SSSR count). The molecule has 2 heteroatoms. The summed E-state index contributed by atoms with van der Waals surface area (Å²) in [5.41, 5.74) is 7.96.